The van der Waals surface area contributed by atoms with Crippen molar-refractivity contribution in [3.8, 4) is 5.75 Å². The van der Waals surface area contributed by atoms with Crippen LogP contribution < -0.4 is 4.74 Å². The monoisotopic (exact) mass is 300 g/mol. The van der Waals surface area contributed by atoms with Crippen LogP contribution in [0.3, 0.4) is 0 Å². The van der Waals surface area contributed by atoms with Crippen LogP contribution in [0.2, 0.25) is 13.1 Å². The van der Waals surface area contributed by atoms with Crippen molar-refractivity contribution in [2.45, 2.75) is 13.1 Å². The average Bonchev–Trinajstić information content (AvgIpc) is 2.37. The van der Waals surface area contributed by atoms with Crippen LogP contribution in [0.4, 0.5) is 0 Å². The number of ether oxygens (including phenoxy) is 1. The summed E-state index contributed by atoms with van der Waals surface area (Å²) in [6.45, 7) is 4.13. The molecular weight excluding hydrogens is 280 g/mol. The number of alkyl halides is 1. The second-order valence-electron chi connectivity index (χ2n) is 4.98. The fourth-order valence-corrected chi connectivity index (χ4v) is 2.24. The topological polar surface area (TPSA) is 34.1 Å². The molecular formula is C13H21ClN2O2Si. The number of hydrogen-bond acceptors (Lipinski definition) is 4. The third kappa shape index (κ3) is 5.12. The molecule has 0 aromatic heterocycles. The lowest BCUT2D eigenvalue weighted by Gasteiger charge is -2.23. The molecule has 0 unspecified atom stereocenters. The maximum Gasteiger partial charge on any atom is 0.261 e. The van der Waals surface area contributed by atoms with Gasteiger partial charge < -0.3 is 9.16 Å². The summed E-state index contributed by atoms with van der Waals surface area (Å²) in [6.07, 6.45) is 0. The molecule has 0 aliphatic heterocycles. The molecule has 0 spiro atoms. The standard InChI is InChI=1S/C13H21ClN2O2Si/c1-16(2)15-13(18-19(4,5)10-14)11-6-8-12(17-3)9-7-11/h6-9H,10H2,1-5H3. The number of nitrogens with zero attached hydrogens (tertiary/aromatic N) is 2. The lowest BCUT2D eigenvalue weighted by Crippen LogP contribution is -2.36. The van der Waals surface area contributed by atoms with E-state index in [1.54, 1.807) is 12.1 Å². The van der Waals surface area contributed by atoms with Crippen LogP contribution in [0.1, 0.15) is 5.56 Å². The van der Waals surface area contributed by atoms with Crippen LogP contribution in [0.25, 0.3) is 0 Å². The molecule has 1 aromatic carbocycles. The molecule has 0 saturated carbocycles. The van der Waals surface area contributed by atoms with E-state index in [1.807, 2.05) is 38.4 Å². The Bertz CT molecular complexity index is 433. The molecule has 0 radical (unpaired) electrons. The van der Waals surface area contributed by atoms with Gasteiger partial charge in [-0.2, -0.15) is 0 Å². The molecule has 1 rings (SSSR count). The van der Waals surface area contributed by atoms with Crippen molar-refractivity contribution in [2.24, 2.45) is 5.10 Å². The third-order valence-electron chi connectivity index (χ3n) is 2.32. The Labute approximate surface area is 121 Å². The Morgan fingerprint density at radius 3 is 2.26 bits per heavy atom. The van der Waals surface area contributed by atoms with Crippen LogP contribution in [0.5, 0.6) is 5.75 Å². The van der Waals surface area contributed by atoms with E-state index in [0.717, 1.165) is 11.3 Å². The van der Waals surface area contributed by atoms with Crippen LogP contribution in [0.15, 0.2) is 29.4 Å². The molecule has 1 aromatic rings. The van der Waals surface area contributed by atoms with Crippen molar-refractivity contribution in [2.75, 3.05) is 26.7 Å². The van der Waals surface area contributed by atoms with Crippen molar-refractivity contribution in [3.05, 3.63) is 29.8 Å². The van der Waals surface area contributed by atoms with Crippen molar-refractivity contribution < 1.29 is 9.16 Å². The Kier molecular flexibility index (Phi) is 5.69. The van der Waals surface area contributed by atoms with Gasteiger partial charge in [-0.05, 0) is 37.4 Å². The smallest absolute Gasteiger partial charge is 0.261 e. The van der Waals surface area contributed by atoms with E-state index < -0.39 is 8.32 Å². The summed E-state index contributed by atoms with van der Waals surface area (Å²) in [5.41, 5.74) is 1.44. The second-order valence-corrected chi connectivity index (χ2v) is 9.77. The van der Waals surface area contributed by atoms with E-state index in [2.05, 4.69) is 18.2 Å². The quantitative estimate of drug-likeness (QED) is 0.276. The summed E-state index contributed by atoms with van der Waals surface area (Å²) in [5.74, 6) is 1.41. The number of halogens is 1. The first-order valence-electron chi connectivity index (χ1n) is 6.03. The minimum atomic E-state index is -1.94. The summed E-state index contributed by atoms with van der Waals surface area (Å²) in [5, 5.41) is 6.12. The first kappa shape index (κ1) is 15.9. The van der Waals surface area contributed by atoms with Gasteiger partial charge in [0.05, 0.1) is 12.6 Å². The van der Waals surface area contributed by atoms with E-state index in [0.29, 0.717) is 11.4 Å². The van der Waals surface area contributed by atoms with Gasteiger partial charge in [-0.15, -0.1) is 16.7 Å². The molecule has 0 saturated heterocycles. The van der Waals surface area contributed by atoms with Crippen LogP contribution in [-0.4, -0.2) is 45.9 Å². The molecule has 0 atom stereocenters. The lowest BCUT2D eigenvalue weighted by molar-refractivity contribution is 0.411. The maximum absolute atomic E-state index is 6.03. The highest BCUT2D eigenvalue weighted by Crippen LogP contribution is 2.16. The summed E-state index contributed by atoms with van der Waals surface area (Å²) >= 11 is 5.96. The largest absolute Gasteiger partial charge is 0.529 e. The Hall–Kier alpha value is -1.20. The molecule has 0 heterocycles. The normalized spacial score (nSPS) is 12.2. The summed E-state index contributed by atoms with van der Waals surface area (Å²) in [4.78, 5) is 0. The predicted molar refractivity (Wildman–Crippen MR) is 82.5 cm³/mol. The molecule has 19 heavy (non-hydrogen) atoms. The van der Waals surface area contributed by atoms with Gasteiger partial charge in [0.15, 0.2) is 0 Å². The van der Waals surface area contributed by atoms with E-state index >= 15 is 0 Å². The Balaban J connectivity index is 3.03. The van der Waals surface area contributed by atoms with E-state index in [9.17, 15) is 0 Å². The minimum Gasteiger partial charge on any atom is -0.529 e. The van der Waals surface area contributed by atoms with Gasteiger partial charge in [-0.25, -0.2) is 0 Å². The van der Waals surface area contributed by atoms with E-state index in [-0.39, 0.29) is 0 Å². The minimum absolute atomic E-state index is 0.523. The molecule has 0 aliphatic carbocycles. The predicted octanol–water partition coefficient (Wildman–Crippen LogP) is 2.92. The van der Waals surface area contributed by atoms with Gasteiger partial charge in [0.25, 0.3) is 8.32 Å². The molecule has 0 N–H and O–H groups in total. The Morgan fingerprint density at radius 2 is 1.84 bits per heavy atom. The van der Waals surface area contributed by atoms with E-state index in [1.165, 1.54) is 0 Å². The molecule has 6 heteroatoms. The number of hydrazone groups is 1. The van der Waals surface area contributed by atoms with Crippen LogP contribution in [0, 0.1) is 0 Å². The van der Waals surface area contributed by atoms with Gasteiger partial charge >= 0.3 is 0 Å². The zero-order valence-corrected chi connectivity index (χ0v) is 13.9. The first-order valence-corrected chi connectivity index (χ1v) is 9.68. The van der Waals surface area contributed by atoms with Crippen molar-refractivity contribution in [1.29, 1.82) is 0 Å². The number of hydrogen-bond donors (Lipinski definition) is 0. The first-order chi connectivity index (χ1) is 8.88. The molecule has 106 valence electrons. The highest BCUT2D eigenvalue weighted by atomic mass is 35.5. The van der Waals surface area contributed by atoms with Gasteiger partial charge in [-0.1, -0.05) is 0 Å². The SMILES string of the molecule is COc1ccc(C(=NN(C)C)O[Si](C)(C)CCl)cc1. The molecule has 0 aliphatic rings. The zero-order chi connectivity index (χ0) is 14.5. The summed E-state index contributed by atoms with van der Waals surface area (Å²) < 4.78 is 11.2. The zero-order valence-electron chi connectivity index (χ0n) is 12.1. The second kappa shape index (κ2) is 6.82. The summed E-state index contributed by atoms with van der Waals surface area (Å²) in [7, 11) is 3.43. The van der Waals surface area contributed by atoms with Crippen LogP contribution >= 0.6 is 11.6 Å². The lowest BCUT2D eigenvalue weighted by atomic mass is 10.2. The molecule has 0 bridgehead atoms. The fraction of sp³-hybridized carbons (Fsp3) is 0.462. The van der Waals surface area contributed by atoms with Crippen molar-refractivity contribution >= 4 is 25.8 Å². The number of methoxy groups -OCH3 is 1. The van der Waals surface area contributed by atoms with E-state index in [4.69, 9.17) is 20.8 Å². The van der Waals surface area contributed by atoms with Gasteiger partial charge in [0.2, 0.25) is 5.90 Å². The van der Waals surface area contributed by atoms with Crippen molar-refractivity contribution in [1.82, 2.24) is 5.01 Å². The number of benzene rings is 1. The highest BCUT2D eigenvalue weighted by molar-refractivity contribution is 6.79. The molecule has 0 fully saturated rings. The molecule has 0 amide bonds. The van der Waals surface area contributed by atoms with Crippen molar-refractivity contribution in [3.63, 3.8) is 0 Å². The van der Waals surface area contributed by atoms with Gasteiger partial charge in [0.1, 0.15) is 5.75 Å². The summed E-state index contributed by atoms with van der Waals surface area (Å²) in [6, 6.07) is 7.64. The molecule has 4 nitrogen and oxygen atoms in total. The number of rotatable bonds is 5. The van der Waals surface area contributed by atoms with Gasteiger partial charge in [-0.3, -0.25) is 5.01 Å². The van der Waals surface area contributed by atoms with Gasteiger partial charge in [0, 0.05) is 19.7 Å². The fourth-order valence-electron chi connectivity index (χ4n) is 1.34. The Morgan fingerprint density at radius 1 is 1.26 bits per heavy atom. The highest BCUT2D eigenvalue weighted by Gasteiger charge is 2.25. The maximum atomic E-state index is 6.03. The third-order valence-corrected chi connectivity index (χ3v) is 5.64. The average molecular weight is 301 g/mol. The van der Waals surface area contributed by atoms with Crippen LogP contribution in [-0.2, 0) is 4.43 Å².